The molecule has 1 saturated heterocycles. The summed E-state index contributed by atoms with van der Waals surface area (Å²) in [7, 11) is -4.21. The van der Waals surface area contributed by atoms with Gasteiger partial charge in [-0.25, -0.2) is 8.42 Å². The van der Waals surface area contributed by atoms with Crippen molar-refractivity contribution in [3.05, 3.63) is 89.4 Å². The molecule has 1 unspecified atom stereocenters. The highest BCUT2D eigenvalue weighted by molar-refractivity contribution is 7.89. The quantitative estimate of drug-likeness (QED) is 0.435. The number of benzene rings is 3. The van der Waals surface area contributed by atoms with Crippen molar-refractivity contribution < 1.29 is 35.9 Å². The van der Waals surface area contributed by atoms with Crippen molar-refractivity contribution in [1.29, 1.82) is 0 Å². The third kappa shape index (κ3) is 6.73. The molecule has 3 aromatic carbocycles. The van der Waals surface area contributed by atoms with Gasteiger partial charge in [-0.3, -0.25) is 4.79 Å². The first-order valence-corrected chi connectivity index (χ1v) is 12.9. The molecule has 0 spiro atoms. The molecule has 1 aliphatic rings. The Morgan fingerprint density at radius 1 is 0.973 bits per heavy atom. The highest BCUT2D eigenvalue weighted by Crippen LogP contribution is 2.35. The van der Waals surface area contributed by atoms with E-state index < -0.39 is 27.7 Å². The van der Waals surface area contributed by atoms with Crippen LogP contribution < -0.4 is 14.2 Å². The largest absolute Gasteiger partial charge is 0.573 e. The lowest BCUT2D eigenvalue weighted by atomic mass is 9.90. The van der Waals surface area contributed by atoms with Crippen molar-refractivity contribution in [3.63, 3.8) is 0 Å². The molecule has 0 aromatic heterocycles. The van der Waals surface area contributed by atoms with Crippen LogP contribution in [0.3, 0.4) is 0 Å². The molecule has 1 N–H and O–H groups in total. The van der Waals surface area contributed by atoms with Crippen LogP contribution in [0.15, 0.2) is 83.8 Å². The molecule has 1 atom stereocenters. The molecule has 1 aliphatic heterocycles. The average molecular weight is 555 g/mol. The molecular weight excluding hydrogens is 533 g/mol. The lowest BCUT2D eigenvalue weighted by Gasteiger charge is -2.31. The van der Waals surface area contributed by atoms with Gasteiger partial charge in [0.1, 0.15) is 11.5 Å². The van der Waals surface area contributed by atoms with Gasteiger partial charge < -0.3 is 14.4 Å². The Hall–Kier alpha value is -3.28. The van der Waals surface area contributed by atoms with Crippen LogP contribution in [0.1, 0.15) is 12.0 Å². The highest BCUT2D eigenvalue weighted by Gasteiger charge is 2.44. The zero-order valence-corrected chi connectivity index (χ0v) is 20.8. The maximum absolute atomic E-state index is 13.3. The number of carbonyl (C=O) groups is 1. The molecule has 3 aromatic rings. The van der Waals surface area contributed by atoms with E-state index >= 15 is 0 Å². The first-order chi connectivity index (χ1) is 17.5. The van der Waals surface area contributed by atoms with Gasteiger partial charge in [0.15, 0.2) is 6.61 Å². The topological polar surface area (TPSA) is 84.9 Å². The minimum absolute atomic E-state index is 0.0140. The summed E-state index contributed by atoms with van der Waals surface area (Å²) >= 11 is 6.02. The Bertz CT molecular complexity index is 1340. The monoisotopic (exact) mass is 554 g/mol. The second-order valence-corrected chi connectivity index (χ2v) is 10.5. The van der Waals surface area contributed by atoms with E-state index in [1.165, 1.54) is 4.90 Å². The number of amides is 1. The minimum atomic E-state index is -4.90. The second-order valence-electron chi connectivity index (χ2n) is 8.38. The molecular formula is C25H22ClF3N2O5S. The molecule has 1 fully saturated rings. The molecule has 1 amide bonds. The molecule has 4 rings (SSSR count). The number of halogens is 4. The number of carbonyl (C=O) groups excluding carboxylic acids is 1. The van der Waals surface area contributed by atoms with E-state index in [9.17, 15) is 26.4 Å². The fourth-order valence-corrected chi connectivity index (χ4v) is 5.60. The molecule has 12 heteroatoms. The van der Waals surface area contributed by atoms with E-state index in [4.69, 9.17) is 16.3 Å². The lowest BCUT2D eigenvalue weighted by molar-refractivity contribution is -0.274. The van der Waals surface area contributed by atoms with E-state index in [-0.39, 0.29) is 36.9 Å². The van der Waals surface area contributed by atoms with Crippen LogP contribution in [0.5, 0.6) is 11.5 Å². The van der Waals surface area contributed by atoms with E-state index in [0.29, 0.717) is 16.3 Å². The van der Waals surface area contributed by atoms with Crippen LogP contribution in [-0.2, 0) is 20.4 Å². The third-order valence-electron chi connectivity index (χ3n) is 5.82. The average Bonchev–Trinajstić information content (AvgIpc) is 3.27. The number of ether oxygens (including phenoxy) is 2. The van der Waals surface area contributed by atoms with E-state index in [1.807, 2.05) is 6.07 Å². The highest BCUT2D eigenvalue weighted by atomic mass is 35.5. The summed E-state index contributed by atoms with van der Waals surface area (Å²) < 4.78 is 76.0. The Labute approximate surface area is 216 Å². The molecule has 1 heterocycles. The van der Waals surface area contributed by atoms with E-state index in [1.54, 1.807) is 48.5 Å². The molecule has 0 aliphatic carbocycles. The summed E-state index contributed by atoms with van der Waals surface area (Å²) in [6.07, 6.45) is -4.65. The zero-order valence-electron chi connectivity index (χ0n) is 19.2. The van der Waals surface area contributed by atoms with Gasteiger partial charge in [-0.2, -0.15) is 4.72 Å². The Morgan fingerprint density at radius 3 is 2.24 bits per heavy atom. The summed E-state index contributed by atoms with van der Waals surface area (Å²) in [6.45, 7) is 0.0364. The van der Waals surface area contributed by atoms with Gasteiger partial charge in [0.2, 0.25) is 10.0 Å². The summed E-state index contributed by atoms with van der Waals surface area (Å²) in [5.74, 6) is -0.347. The van der Waals surface area contributed by atoms with Crippen LogP contribution in [0.2, 0.25) is 5.02 Å². The number of para-hydroxylation sites is 1. The number of hydrogen-bond acceptors (Lipinski definition) is 5. The van der Waals surface area contributed by atoms with Crippen LogP contribution in [0.25, 0.3) is 0 Å². The van der Waals surface area contributed by atoms with Gasteiger partial charge in [0.25, 0.3) is 5.91 Å². The Balaban J connectivity index is 1.55. The van der Waals surface area contributed by atoms with Crippen LogP contribution >= 0.6 is 11.6 Å². The normalized spacial score (nSPS) is 18.0. The van der Waals surface area contributed by atoms with Crippen molar-refractivity contribution >= 4 is 27.5 Å². The van der Waals surface area contributed by atoms with Crippen LogP contribution in [0, 0.1) is 0 Å². The van der Waals surface area contributed by atoms with Gasteiger partial charge >= 0.3 is 6.36 Å². The number of hydrogen-bond donors (Lipinski definition) is 1. The number of likely N-dealkylation sites (tertiary alicyclic amines) is 1. The number of sulfonamides is 1. The fourth-order valence-electron chi connectivity index (χ4n) is 4.06. The summed E-state index contributed by atoms with van der Waals surface area (Å²) in [5.41, 5.74) is -0.621. The molecule has 37 heavy (non-hydrogen) atoms. The van der Waals surface area contributed by atoms with Crippen LogP contribution in [0.4, 0.5) is 13.2 Å². The molecule has 196 valence electrons. The van der Waals surface area contributed by atoms with Gasteiger partial charge in [-0.1, -0.05) is 41.9 Å². The van der Waals surface area contributed by atoms with E-state index in [0.717, 1.165) is 24.3 Å². The molecule has 0 saturated carbocycles. The number of alkyl halides is 3. The predicted octanol–water partition coefficient (Wildman–Crippen LogP) is 4.72. The Morgan fingerprint density at radius 2 is 1.62 bits per heavy atom. The molecule has 0 radical (unpaired) electrons. The lowest BCUT2D eigenvalue weighted by Crippen LogP contribution is -2.48. The van der Waals surface area contributed by atoms with Gasteiger partial charge in [0.05, 0.1) is 10.4 Å². The minimum Gasteiger partial charge on any atom is -0.484 e. The van der Waals surface area contributed by atoms with Gasteiger partial charge in [-0.15, -0.1) is 13.2 Å². The third-order valence-corrected chi connectivity index (χ3v) is 7.63. The first kappa shape index (κ1) is 26.8. The maximum Gasteiger partial charge on any atom is 0.573 e. The Kier molecular flexibility index (Phi) is 7.67. The second kappa shape index (κ2) is 10.6. The maximum atomic E-state index is 13.3. The number of rotatable bonds is 8. The SMILES string of the molecule is O=C(COc1ccccc1)N1CCC(NS(=O)(=O)c2ccc(OC(F)(F)F)cc2)(c2ccc(Cl)cc2)C1. The molecule has 7 nitrogen and oxygen atoms in total. The predicted molar refractivity (Wildman–Crippen MR) is 130 cm³/mol. The van der Waals surface area contributed by atoms with Crippen molar-refractivity contribution in [1.82, 2.24) is 9.62 Å². The van der Waals surface area contributed by atoms with Crippen molar-refractivity contribution in [2.75, 3.05) is 19.7 Å². The summed E-state index contributed by atoms with van der Waals surface area (Å²) in [5, 5.41) is 0.448. The number of nitrogens with zero attached hydrogens (tertiary/aromatic N) is 1. The van der Waals surface area contributed by atoms with Crippen molar-refractivity contribution in [3.8, 4) is 11.5 Å². The van der Waals surface area contributed by atoms with Crippen molar-refractivity contribution in [2.24, 2.45) is 0 Å². The standard InChI is InChI=1S/C25H22ClF3N2O5S/c26-19-8-6-18(7-9-19)24(14-15-31(17-24)23(32)16-35-20-4-2-1-3-5-20)30-37(33,34)22-12-10-21(11-13-22)36-25(27,28)29/h1-13,30H,14-17H2. The van der Waals surface area contributed by atoms with Crippen LogP contribution in [-0.4, -0.2) is 45.3 Å². The molecule has 0 bridgehead atoms. The summed E-state index contributed by atoms with van der Waals surface area (Å²) in [4.78, 5) is 14.1. The first-order valence-electron chi connectivity index (χ1n) is 11.1. The van der Waals surface area contributed by atoms with Crippen molar-refractivity contribution in [2.45, 2.75) is 23.2 Å². The van der Waals surface area contributed by atoms with Gasteiger partial charge in [0, 0.05) is 18.1 Å². The fraction of sp³-hybridized carbons (Fsp3) is 0.240. The number of nitrogens with one attached hydrogen (secondary N) is 1. The summed E-state index contributed by atoms with van der Waals surface area (Å²) in [6, 6.07) is 19.2. The van der Waals surface area contributed by atoms with E-state index in [2.05, 4.69) is 9.46 Å². The van der Waals surface area contributed by atoms with Gasteiger partial charge in [-0.05, 0) is 60.5 Å². The smallest absolute Gasteiger partial charge is 0.484 e. The zero-order chi connectivity index (χ0) is 26.7.